The minimum Gasteiger partial charge on any atom is -0.342 e. The van der Waals surface area contributed by atoms with E-state index in [1.54, 1.807) is 4.90 Å². The van der Waals surface area contributed by atoms with Crippen LogP contribution >= 0.6 is 0 Å². The monoisotopic (exact) mass is 344 g/mol. The molecule has 0 aliphatic carbocycles. The Morgan fingerprint density at radius 3 is 2.24 bits per heavy atom. The van der Waals surface area contributed by atoms with Crippen molar-refractivity contribution in [2.24, 2.45) is 17.8 Å². The summed E-state index contributed by atoms with van der Waals surface area (Å²) in [5, 5.41) is 0. The number of aryl methyl sites for hydroxylation is 2. The SMILES string of the molecule is Cc1ccc(N2C[C@@H](C(=O)N(CC(C)C)CC(C)C)CC2=O)cc1C. The van der Waals surface area contributed by atoms with Crippen molar-refractivity contribution >= 4 is 17.5 Å². The first-order chi connectivity index (χ1) is 11.7. The van der Waals surface area contributed by atoms with Gasteiger partial charge in [-0.15, -0.1) is 0 Å². The van der Waals surface area contributed by atoms with E-state index >= 15 is 0 Å². The van der Waals surface area contributed by atoms with E-state index in [2.05, 4.69) is 41.5 Å². The van der Waals surface area contributed by atoms with Gasteiger partial charge in [-0.3, -0.25) is 9.59 Å². The van der Waals surface area contributed by atoms with Gasteiger partial charge in [0.25, 0.3) is 0 Å². The lowest BCUT2D eigenvalue weighted by Gasteiger charge is -2.29. The first kappa shape index (κ1) is 19.5. The second-order valence-corrected chi connectivity index (χ2v) is 8.20. The van der Waals surface area contributed by atoms with Gasteiger partial charge < -0.3 is 9.80 Å². The summed E-state index contributed by atoms with van der Waals surface area (Å²) in [6, 6.07) is 6.06. The molecular weight excluding hydrogens is 312 g/mol. The Morgan fingerprint density at radius 1 is 1.12 bits per heavy atom. The highest BCUT2D eigenvalue weighted by atomic mass is 16.2. The Kier molecular flexibility index (Phi) is 6.26. The fraction of sp³-hybridized carbons (Fsp3) is 0.619. The number of rotatable bonds is 6. The van der Waals surface area contributed by atoms with E-state index < -0.39 is 0 Å². The number of carbonyl (C=O) groups is 2. The van der Waals surface area contributed by atoms with E-state index in [-0.39, 0.29) is 17.7 Å². The molecule has 4 heteroatoms. The van der Waals surface area contributed by atoms with Crippen LogP contribution in [0, 0.1) is 31.6 Å². The van der Waals surface area contributed by atoms with Crippen molar-refractivity contribution in [2.75, 3.05) is 24.5 Å². The molecule has 1 heterocycles. The molecule has 1 aliphatic rings. The molecule has 0 bridgehead atoms. The molecule has 1 atom stereocenters. The summed E-state index contributed by atoms with van der Waals surface area (Å²) < 4.78 is 0. The number of benzene rings is 1. The summed E-state index contributed by atoms with van der Waals surface area (Å²) >= 11 is 0. The third-order valence-electron chi connectivity index (χ3n) is 4.76. The van der Waals surface area contributed by atoms with Crippen LogP contribution in [0.15, 0.2) is 18.2 Å². The predicted octanol–water partition coefficient (Wildman–Crippen LogP) is 3.80. The maximum atomic E-state index is 13.0. The molecular formula is C21H32N2O2. The Labute approximate surface area is 152 Å². The summed E-state index contributed by atoms with van der Waals surface area (Å²) in [5.74, 6) is 0.802. The zero-order valence-corrected chi connectivity index (χ0v) is 16.5. The summed E-state index contributed by atoms with van der Waals surface area (Å²) in [7, 11) is 0. The first-order valence-electron chi connectivity index (χ1n) is 9.35. The molecule has 0 spiro atoms. The minimum atomic E-state index is -0.230. The third kappa shape index (κ3) is 4.83. The molecule has 138 valence electrons. The van der Waals surface area contributed by atoms with Crippen molar-refractivity contribution in [3.8, 4) is 0 Å². The number of amides is 2. The van der Waals surface area contributed by atoms with Crippen LogP contribution in [0.25, 0.3) is 0 Å². The summed E-state index contributed by atoms with van der Waals surface area (Å²) in [6.07, 6.45) is 0.318. The van der Waals surface area contributed by atoms with Gasteiger partial charge in [0.1, 0.15) is 0 Å². The van der Waals surface area contributed by atoms with Crippen LogP contribution in [0.1, 0.15) is 45.2 Å². The fourth-order valence-corrected chi connectivity index (χ4v) is 3.41. The molecule has 1 aliphatic heterocycles. The molecule has 0 aromatic heterocycles. The second kappa shape index (κ2) is 8.03. The highest BCUT2D eigenvalue weighted by Gasteiger charge is 2.37. The number of anilines is 1. The summed E-state index contributed by atoms with van der Waals surface area (Å²) in [4.78, 5) is 29.2. The minimum absolute atomic E-state index is 0.0515. The van der Waals surface area contributed by atoms with Crippen molar-refractivity contribution in [1.29, 1.82) is 0 Å². The summed E-state index contributed by atoms with van der Waals surface area (Å²) in [5.41, 5.74) is 3.28. The molecule has 1 fully saturated rings. The topological polar surface area (TPSA) is 40.6 Å². The zero-order chi connectivity index (χ0) is 18.7. The summed E-state index contributed by atoms with van der Waals surface area (Å²) in [6.45, 7) is 14.6. The van der Waals surface area contributed by atoms with Gasteiger partial charge in [0.15, 0.2) is 0 Å². The van der Waals surface area contributed by atoms with Gasteiger partial charge in [-0.2, -0.15) is 0 Å². The molecule has 4 nitrogen and oxygen atoms in total. The molecule has 1 aromatic rings. The lowest BCUT2D eigenvalue weighted by molar-refractivity contribution is -0.136. The third-order valence-corrected chi connectivity index (χ3v) is 4.76. The van der Waals surface area contributed by atoms with Gasteiger partial charge in [-0.25, -0.2) is 0 Å². The first-order valence-corrected chi connectivity index (χ1v) is 9.35. The number of nitrogens with zero attached hydrogens (tertiary/aromatic N) is 2. The Hall–Kier alpha value is -1.84. The van der Waals surface area contributed by atoms with E-state index in [1.165, 1.54) is 11.1 Å². The van der Waals surface area contributed by atoms with Crippen molar-refractivity contribution in [3.05, 3.63) is 29.3 Å². The standard InChI is InChI=1S/C21H32N2O2/c1-14(2)11-22(12-15(3)4)21(25)18-10-20(24)23(13-18)19-8-7-16(5)17(6)9-19/h7-9,14-15,18H,10-13H2,1-6H3/t18-/m0/s1. The highest BCUT2D eigenvalue weighted by molar-refractivity contribution is 6.00. The Morgan fingerprint density at radius 2 is 1.72 bits per heavy atom. The van der Waals surface area contributed by atoms with Gasteiger partial charge in [-0.1, -0.05) is 33.8 Å². The van der Waals surface area contributed by atoms with Gasteiger partial charge in [-0.05, 0) is 48.9 Å². The van der Waals surface area contributed by atoms with Crippen molar-refractivity contribution in [3.63, 3.8) is 0 Å². The average molecular weight is 344 g/mol. The molecule has 25 heavy (non-hydrogen) atoms. The van der Waals surface area contributed by atoms with Crippen LogP contribution in [-0.2, 0) is 9.59 Å². The van der Waals surface area contributed by atoms with Crippen LogP contribution < -0.4 is 4.90 Å². The van der Waals surface area contributed by atoms with E-state index in [9.17, 15) is 9.59 Å². The van der Waals surface area contributed by atoms with Gasteiger partial charge in [0.05, 0.1) is 5.92 Å². The molecule has 0 radical (unpaired) electrons. The van der Waals surface area contributed by atoms with Crippen LogP contribution in [0.2, 0.25) is 0 Å². The molecule has 2 amide bonds. The van der Waals surface area contributed by atoms with Crippen LogP contribution in [0.4, 0.5) is 5.69 Å². The van der Waals surface area contributed by atoms with Gasteiger partial charge in [0.2, 0.25) is 11.8 Å². The maximum Gasteiger partial charge on any atom is 0.228 e. The van der Waals surface area contributed by atoms with Crippen molar-refractivity contribution in [2.45, 2.75) is 48.0 Å². The van der Waals surface area contributed by atoms with E-state index in [4.69, 9.17) is 0 Å². The smallest absolute Gasteiger partial charge is 0.228 e. The molecule has 0 unspecified atom stereocenters. The number of hydrogen-bond donors (Lipinski definition) is 0. The van der Waals surface area contributed by atoms with Crippen LogP contribution in [-0.4, -0.2) is 36.3 Å². The van der Waals surface area contributed by atoms with Crippen molar-refractivity contribution in [1.82, 2.24) is 4.90 Å². The molecule has 0 N–H and O–H groups in total. The Bertz CT molecular complexity index is 627. The predicted molar refractivity (Wildman–Crippen MR) is 103 cm³/mol. The maximum absolute atomic E-state index is 13.0. The highest BCUT2D eigenvalue weighted by Crippen LogP contribution is 2.28. The Balaban J connectivity index is 2.13. The molecule has 2 rings (SSSR count). The number of carbonyl (C=O) groups excluding carboxylic acids is 2. The van der Waals surface area contributed by atoms with E-state index in [0.29, 0.717) is 24.8 Å². The average Bonchev–Trinajstić information content (AvgIpc) is 2.89. The van der Waals surface area contributed by atoms with E-state index in [1.807, 2.05) is 23.1 Å². The van der Waals surface area contributed by atoms with Gasteiger partial charge in [0, 0.05) is 31.7 Å². The quantitative estimate of drug-likeness (QED) is 0.787. The normalized spacial score (nSPS) is 17.7. The van der Waals surface area contributed by atoms with Crippen molar-refractivity contribution < 1.29 is 9.59 Å². The van der Waals surface area contributed by atoms with Crippen LogP contribution in [0.5, 0.6) is 0 Å². The van der Waals surface area contributed by atoms with Gasteiger partial charge >= 0.3 is 0 Å². The second-order valence-electron chi connectivity index (χ2n) is 8.20. The lowest BCUT2D eigenvalue weighted by Crippen LogP contribution is -2.41. The zero-order valence-electron chi connectivity index (χ0n) is 16.5. The molecule has 1 aromatic carbocycles. The fourth-order valence-electron chi connectivity index (χ4n) is 3.41. The van der Waals surface area contributed by atoms with Crippen LogP contribution in [0.3, 0.4) is 0 Å². The number of hydrogen-bond acceptors (Lipinski definition) is 2. The lowest BCUT2D eigenvalue weighted by atomic mass is 10.0. The largest absolute Gasteiger partial charge is 0.342 e. The molecule has 0 saturated carbocycles. The molecule has 1 saturated heterocycles. The van der Waals surface area contributed by atoms with E-state index in [0.717, 1.165) is 18.8 Å².